The number of likely N-dealkylation sites (tertiary alicyclic amines) is 1. The predicted molar refractivity (Wildman–Crippen MR) is 183 cm³/mol. The SMILES string of the molecule is COc1cc(F)c(C(C)C)cc1-c1ccc(C(F)(F)F)cc1CN1CCC(c2ccccc2)CC1=O.O=C1CC(c2ccccc2)CCN1. The molecule has 258 valence electrons. The minimum atomic E-state index is -4.53. The molecule has 9 heteroatoms. The van der Waals surface area contributed by atoms with Gasteiger partial charge in [-0.25, -0.2) is 4.39 Å². The molecule has 2 unspecified atom stereocenters. The molecule has 2 aliphatic rings. The second-order valence-electron chi connectivity index (χ2n) is 13.0. The van der Waals surface area contributed by atoms with E-state index in [-0.39, 0.29) is 35.9 Å². The number of nitrogens with zero attached hydrogens (tertiary/aromatic N) is 1. The van der Waals surface area contributed by atoms with Crippen LogP contribution in [0, 0.1) is 5.82 Å². The lowest BCUT2D eigenvalue weighted by Crippen LogP contribution is -2.37. The molecule has 2 heterocycles. The van der Waals surface area contributed by atoms with E-state index in [0.717, 1.165) is 37.1 Å². The summed E-state index contributed by atoms with van der Waals surface area (Å²) >= 11 is 0. The smallest absolute Gasteiger partial charge is 0.416 e. The first-order valence-electron chi connectivity index (χ1n) is 16.7. The number of carbonyl (C=O) groups is 2. The van der Waals surface area contributed by atoms with Gasteiger partial charge in [0, 0.05) is 44.1 Å². The van der Waals surface area contributed by atoms with Crippen LogP contribution in [0.5, 0.6) is 5.75 Å². The summed E-state index contributed by atoms with van der Waals surface area (Å²) in [4.78, 5) is 25.8. The molecule has 2 atom stereocenters. The molecule has 4 aromatic rings. The van der Waals surface area contributed by atoms with Crippen LogP contribution >= 0.6 is 0 Å². The quantitative estimate of drug-likeness (QED) is 0.199. The predicted octanol–water partition coefficient (Wildman–Crippen LogP) is 9.23. The number of hydrogen-bond donors (Lipinski definition) is 1. The number of amides is 2. The monoisotopic (exact) mass is 674 g/mol. The number of piperidine rings is 2. The molecule has 0 spiro atoms. The van der Waals surface area contributed by atoms with Gasteiger partial charge in [0.2, 0.25) is 11.8 Å². The summed E-state index contributed by atoms with van der Waals surface area (Å²) in [5, 5.41) is 2.84. The molecule has 2 fully saturated rings. The van der Waals surface area contributed by atoms with Gasteiger partial charge in [-0.15, -0.1) is 0 Å². The topological polar surface area (TPSA) is 58.6 Å². The summed E-state index contributed by atoms with van der Waals surface area (Å²) in [6.07, 6.45) is -1.80. The van der Waals surface area contributed by atoms with Crippen LogP contribution in [0.2, 0.25) is 0 Å². The average molecular weight is 675 g/mol. The van der Waals surface area contributed by atoms with Crippen molar-refractivity contribution in [1.82, 2.24) is 10.2 Å². The first kappa shape index (κ1) is 35.6. The molecule has 49 heavy (non-hydrogen) atoms. The third-order valence-corrected chi connectivity index (χ3v) is 9.33. The number of hydrogen-bond acceptors (Lipinski definition) is 3. The van der Waals surface area contributed by atoms with E-state index in [4.69, 9.17) is 4.74 Å². The maximum Gasteiger partial charge on any atom is 0.416 e. The lowest BCUT2D eigenvalue weighted by atomic mass is 9.88. The van der Waals surface area contributed by atoms with Gasteiger partial charge in [0.1, 0.15) is 11.6 Å². The minimum Gasteiger partial charge on any atom is -0.496 e. The lowest BCUT2D eigenvalue weighted by molar-refractivity contribution is -0.137. The Balaban J connectivity index is 0.000000299. The van der Waals surface area contributed by atoms with Crippen molar-refractivity contribution in [2.75, 3.05) is 20.2 Å². The normalized spacial score (nSPS) is 18.1. The Hall–Kier alpha value is -4.66. The van der Waals surface area contributed by atoms with Crippen molar-refractivity contribution >= 4 is 11.8 Å². The summed E-state index contributed by atoms with van der Waals surface area (Å²) in [6.45, 7) is 4.97. The van der Waals surface area contributed by atoms with Gasteiger partial charge in [0.25, 0.3) is 0 Å². The fourth-order valence-electron chi connectivity index (χ4n) is 6.61. The first-order valence-corrected chi connectivity index (χ1v) is 16.7. The number of rotatable bonds is 7. The van der Waals surface area contributed by atoms with E-state index in [1.807, 2.05) is 62.4 Å². The van der Waals surface area contributed by atoms with E-state index in [1.54, 1.807) is 11.0 Å². The van der Waals surface area contributed by atoms with Crippen LogP contribution in [0.4, 0.5) is 17.6 Å². The highest BCUT2D eigenvalue weighted by atomic mass is 19.4. The Morgan fingerprint density at radius 3 is 2.02 bits per heavy atom. The number of nitrogens with one attached hydrogen (secondary N) is 1. The van der Waals surface area contributed by atoms with Crippen molar-refractivity contribution in [1.29, 1.82) is 0 Å². The summed E-state index contributed by atoms with van der Waals surface area (Å²) in [7, 11) is 1.40. The molecule has 6 rings (SSSR count). The highest BCUT2D eigenvalue weighted by Crippen LogP contribution is 2.40. The number of benzene rings is 4. The molecule has 2 aliphatic heterocycles. The van der Waals surface area contributed by atoms with Gasteiger partial charge in [-0.3, -0.25) is 9.59 Å². The maximum atomic E-state index is 14.6. The van der Waals surface area contributed by atoms with Crippen LogP contribution in [-0.2, 0) is 22.3 Å². The molecule has 0 saturated carbocycles. The largest absolute Gasteiger partial charge is 0.496 e. The van der Waals surface area contributed by atoms with Crippen molar-refractivity contribution < 1.29 is 31.9 Å². The van der Waals surface area contributed by atoms with Gasteiger partial charge in [0.05, 0.1) is 12.7 Å². The molecule has 0 radical (unpaired) electrons. The van der Waals surface area contributed by atoms with E-state index in [9.17, 15) is 27.2 Å². The van der Waals surface area contributed by atoms with Gasteiger partial charge in [-0.2, -0.15) is 13.2 Å². The van der Waals surface area contributed by atoms with Crippen molar-refractivity contribution in [3.63, 3.8) is 0 Å². The van der Waals surface area contributed by atoms with Gasteiger partial charge < -0.3 is 15.0 Å². The van der Waals surface area contributed by atoms with Crippen molar-refractivity contribution in [3.05, 3.63) is 125 Å². The van der Waals surface area contributed by atoms with Crippen LogP contribution in [0.25, 0.3) is 11.1 Å². The zero-order chi connectivity index (χ0) is 35.1. The van der Waals surface area contributed by atoms with E-state index >= 15 is 0 Å². The number of halogens is 4. The van der Waals surface area contributed by atoms with Gasteiger partial charge in [0.15, 0.2) is 0 Å². The molecule has 0 aliphatic carbocycles. The van der Waals surface area contributed by atoms with Gasteiger partial charge in [-0.1, -0.05) is 80.6 Å². The third-order valence-electron chi connectivity index (χ3n) is 9.33. The molecule has 5 nitrogen and oxygen atoms in total. The molecule has 4 aromatic carbocycles. The van der Waals surface area contributed by atoms with Gasteiger partial charge in [-0.05, 0) is 76.6 Å². The standard InChI is InChI=1S/C29H29F4NO2.C11H13NO/c1-18(2)24-15-25(27(36-3)16-26(24)30)23-10-9-22(29(31,32)33)13-21(23)17-34-12-11-20(14-28(34)35)19-7-5-4-6-8-19;13-11-8-10(6-7-12-11)9-4-2-1-3-5-9/h4-10,13,15-16,18,20H,11-12,14,17H2,1-3H3;1-5,10H,6-8H2,(H,12,13). The van der Waals surface area contributed by atoms with Crippen LogP contribution in [-0.4, -0.2) is 36.9 Å². The summed E-state index contributed by atoms with van der Waals surface area (Å²) in [6, 6.07) is 26.4. The number of methoxy groups -OCH3 is 1. The number of carbonyl (C=O) groups excluding carboxylic acids is 2. The van der Waals surface area contributed by atoms with E-state index in [2.05, 4.69) is 17.4 Å². The number of alkyl halides is 3. The second-order valence-corrected chi connectivity index (χ2v) is 13.0. The summed E-state index contributed by atoms with van der Waals surface area (Å²) in [5.41, 5.74) is 3.35. The summed E-state index contributed by atoms with van der Waals surface area (Å²) in [5.74, 6) is 0.250. The fourth-order valence-corrected chi connectivity index (χ4v) is 6.61. The van der Waals surface area contributed by atoms with E-state index < -0.39 is 17.6 Å². The Kier molecular flexibility index (Phi) is 11.4. The average Bonchev–Trinajstić information content (AvgIpc) is 3.09. The van der Waals surface area contributed by atoms with Crippen molar-refractivity contribution in [2.45, 2.75) is 70.0 Å². The van der Waals surface area contributed by atoms with E-state index in [1.165, 1.54) is 24.8 Å². The highest BCUT2D eigenvalue weighted by molar-refractivity contribution is 5.80. The van der Waals surface area contributed by atoms with Crippen molar-refractivity contribution in [2.24, 2.45) is 0 Å². The van der Waals surface area contributed by atoms with Crippen LogP contribution < -0.4 is 10.1 Å². The summed E-state index contributed by atoms with van der Waals surface area (Å²) < 4.78 is 60.9. The van der Waals surface area contributed by atoms with Crippen LogP contribution in [0.3, 0.4) is 0 Å². The first-order chi connectivity index (χ1) is 23.4. The Morgan fingerprint density at radius 2 is 1.47 bits per heavy atom. The lowest BCUT2D eigenvalue weighted by Gasteiger charge is -2.33. The Labute approximate surface area is 285 Å². The molecule has 2 saturated heterocycles. The Morgan fingerprint density at radius 1 is 0.837 bits per heavy atom. The molecule has 1 N–H and O–H groups in total. The molecule has 0 bridgehead atoms. The second kappa shape index (κ2) is 15.7. The number of ether oxygens (including phenoxy) is 1. The Bertz CT molecular complexity index is 1740. The molecular weight excluding hydrogens is 632 g/mol. The van der Waals surface area contributed by atoms with Crippen molar-refractivity contribution in [3.8, 4) is 16.9 Å². The van der Waals surface area contributed by atoms with E-state index in [0.29, 0.717) is 47.6 Å². The highest BCUT2D eigenvalue weighted by Gasteiger charge is 2.33. The molecule has 0 aromatic heterocycles. The van der Waals surface area contributed by atoms with Crippen LogP contribution in [0.15, 0.2) is 91.0 Å². The zero-order valence-corrected chi connectivity index (χ0v) is 28.0. The molecule has 2 amide bonds. The maximum absolute atomic E-state index is 14.6. The van der Waals surface area contributed by atoms with Crippen LogP contribution in [0.1, 0.15) is 85.1 Å². The fraction of sp³-hybridized carbons (Fsp3) is 0.350. The zero-order valence-electron chi connectivity index (χ0n) is 28.0. The third kappa shape index (κ3) is 8.88. The molecular formula is C40H42F4N2O3. The minimum absolute atomic E-state index is 0.0249. The van der Waals surface area contributed by atoms with Gasteiger partial charge >= 0.3 is 6.18 Å².